The first-order valence-electron chi connectivity index (χ1n) is 5.64. The SMILES string of the molecule is COc1cc(NN)cc(NC(=O)OC(C)(C)C)c1O. The first-order chi connectivity index (χ1) is 8.76. The number of anilines is 2. The van der Waals surface area contributed by atoms with Gasteiger partial charge < -0.3 is 20.0 Å². The van der Waals surface area contributed by atoms with Gasteiger partial charge in [-0.1, -0.05) is 0 Å². The highest BCUT2D eigenvalue weighted by Crippen LogP contribution is 2.37. The van der Waals surface area contributed by atoms with Crippen LogP contribution in [0, 0.1) is 0 Å². The fraction of sp³-hybridized carbons (Fsp3) is 0.417. The summed E-state index contributed by atoms with van der Waals surface area (Å²) in [5.41, 5.74) is 2.39. The molecule has 1 aromatic rings. The topological polar surface area (TPSA) is 106 Å². The molecule has 19 heavy (non-hydrogen) atoms. The number of benzene rings is 1. The average molecular weight is 269 g/mol. The van der Waals surface area contributed by atoms with Gasteiger partial charge in [0.2, 0.25) is 0 Å². The van der Waals surface area contributed by atoms with Crippen LogP contribution in [0.4, 0.5) is 16.2 Å². The molecule has 0 bridgehead atoms. The van der Waals surface area contributed by atoms with E-state index in [1.54, 1.807) is 20.8 Å². The zero-order chi connectivity index (χ0) is 14.6. The molecule has 0 atom stereocenters. The molecule has 0 spiro atoms. The molecule has 0 aromatic heterocycles. The average Bonchev–Trinajstić information content (AvgIpc) is 2.29. The Labute approximate surface area is 111 Å². The van der Waals surface area contributed by atoms with Gasteiger partial charge in [0.1, 0.15) is 5.60 Å². The van der Waals surface area contributed by atoms with Gasteiger partial charge in [-0.05, 0) is 26.8 Å². The zero-order valence-electron chi connectivity index (χ0n) is 11.4. The molecule has 0 fully saturated rings. The smallest absolute Gasteiger partial charge is 0.412 e. The Morgan fingerprint density at radius 2 is 2.00 bits per heavy atom. The molecule has 7 heteroatoms. The van der Waals surface area contributed by atoms with Gasteiger partial charge in [0.15, 0.2) is 11.5 Å². The lowest BCUT2D eigenvalue weighted by Crippen LogP contribution is -2.27. The Bertz CT molecular complexity index is 469. The third-order valence-electron chi connectivity index (χ3n) is 2.10. The van der Waals surface area contributed by atoms with E-state index in [0.29, 0.717) is 5.69 Å². The van der Waals surface area contributed by atoms with E-state index in [1.807, 2.05) is 0 Å². The van der Waals surface area contributed by atoms with Crippen molar-refractivity contribution in [1.82, 2.24) is 0 Å². The molecule has 1 amide bonds. The van der Waals surface area contributed by atoms with Crippen molar-refractivity contribution >= 4 is 17.5 Å². The van der Waals surface area contributed by atoms with Crippen molar-refractivity contribution in [3.8, 4) is 11.5 Å². The minimum Gasteiger partial charge on any atom is -0.503 e. The summed E-state index contributed by atoms with van der Waals surface area (Å²) in [4.78, 5) is 11.6. The van der Waals surface area contributed by atoms with Gasteiger partial charge in [-0.3, -0.25) is 11.2 Å². The van der Waals surface area contributed by atoms with Crippen molar-refractivity contribution in [2.75, 3.05) is 17.9 Å². The lowest BCUT2D eigenvalue weighted by atomic mass is 10.2. The largest absolute Gasteiger partial charge is 0.503 e. The number of hydrogen-bond acceptors (Lipinski definition) is 6. The molecule has 106 valence electrons. The number of hydrogen-bond donors (Lipinski definition) is 4. The van der Waals surface area contributed by atoms with Crippen LogP contribution in [-0.2, 0) is 4.74 Å². The van der Waals surface area contributed by atoms with E-state index in [4.69, 9.17) is 15.3 Å². The van der Waals surface area contributed by atoms with Gasteiger partial charge in [0.05, 0.1) is 18.5 Å². The molecule has 5 N–H and O–H groups in total. The fourth-order valence-electron chi connectivity index (χ4n) is 1.36. The van der Waals surface area contributed by atoms with E-state index in [1.165, 1.54) is 19.2 Å². The van der Waals surface area contributed by atoms with E-state index in [0.717, 1.165) is 0 Å². The van der Waals surface area contributed by atoms with Crippen LogP contribution in [0.1, 0.15) is 20.8 Å². The van der Waals surface area contributed by atoms with E-state index in [9.17, 15) is 9.90 Å². The molecule has 7 nitrogen and oxygen atoms in total. The van der Waals surface area contributed by atoms with Crippen LogP contribution in [0.25, 0.3) is 0 Å². The fourth-order valence-corrected chi connectivity index (χ4v) is 1.36. The molecule has 0 saturated carbocycles. The van der Waals surface area contributed by atoms with E-state index in [-0.39, 0.29) is 17.2 Å². The van der Waals surface area contributed by atoms with Gasteiger partial charge in [0.25, 0.3) is 0 Å². The first kappa shape index (κ1) is 14.9. The number of ether oxygens (including phenoxy) is 2. The van der Waals surface area contributed by atoms with Crippen molar-refractivity contribution in [1.29, 1.82) is 0 Å². The van der Waals surface area contributed by atoms with Crippen LogP contribution < -0.4 is 21.3 Å². The molecule has 1 rings (SSSR count). The van der Waals surface area contributed by atoms with Gasteiger partial charge in [-0.15, -0.1) is 0 Å². The standard InChI is InChI=1S/C12H19N3O4/c1-12(2,3)19-11(17)14-8-5-7(15-13)6-9(18-4)10(8)16/h5-6,15-16H,13H2,1-4H3,(H,14,17). The molecular formula is C12H19N3O4. The highest BCUT2D eigenvalue weighted by molar-refractivity contribution is 5.89. The number of amides is 1. The van der Waals surface area contributed by atoms with Crippen molar-refractivity contribution in [2.24, 2.45) is 5.84 Å². The monoisotopic (exact) mass is 269 g/mol. The first-order valence-corrected chi connectivity index (χ1v) is 5.64. The minimum atomic E-state index is -0.681. The predicted molar refractivity (Wildman–Crippen MR) is 72.3 cm³/mol. The molecule has 0 aliphatic heterocycles. The van der Waals surface area contributed by atoms with Crippen LogP contribution >= 0.6 is 0 Å². The molecular weight excluding hydrogens is 250 g/mol. The number of nitrogen functional groups attached to an aromatic ring is 1. The van der Waals surface area contributed by atoms with E-state index < -0.39 is 11.7 Å². The number of aromatic hydroxyl groups is 1. The molecule has 0 radical (unpaired) electrons. The number of rotatable bonds is 3. The maximum atomic E-state index is 11.6. The molecule has 0 saturated heterocycles. The molecule has 0 heterocycles. The van der Waals surface area contributed by atoms with Crippen molar-refractivity contribution in [2.45, 2.75) is 26.4 Å². The summed E-state index contributed by atoms with van der Waals surface area (Å²) in [7, 11) is 1.40. The summed E-state index contributed by atoms with van der Waals surface area (Å²) in [6, 6.07) is 2.96. The molecule has 1 aromatic carbocycles. The third-order valence-corrected chi connectivity index (χ3v) is 2.10. The van der Waals surface area contributed by atoms with Crippen LogP contribution in [0.3, 0.4) is 0 Å². The van der Waals surface area contributed by atoms with E-state index in [2.05, 4.69) is 10.7 Å². The van der Waals surface area contributed by atoms with Crippen molar-refractivity contribution in [3.63, 3.8) is 0 Å². The predicted octanol–water partition coefficient (Wildman–Crippen LogP) is 2.03. The second-order valence-electron chi connectivity index (χ2n) is 4.85. The van der Waals surface area contributed by atoms with Crippen molar-refractivity contribution < 1.29 is 19.4 Å². The van der Waals surface area contributed by atoms with Crippen molar-refractivity contribution in [3.05, 3.63) is 12.1 Å². The summed E-state index contributed by atoms with van der Waals surface area (Å²) in [6.07, 6.45) is -0.681. The molecule has 0 aliphatic carbocycles. The van der Waals surface area contributed by atoms with E-state index >= 15 is 0 Å². The number of methoxy groups -OCH3 is 1. The number of carbonyl (C=O) groups is 1. The number of hydrazine groups is 1. The molecule has 0 aliphatic rings. The third kappa shape index (κ3) is 4.22. The quantitative estimate of drug-likeness (QED) is 0.289. The van der Waals surface area contributed by atoms with Gasteiger partial charge in [-0.25, -0.2) is 4.79 Å². The van der Waals surface area contributed by atoms with Crippen LogP contribution in [0.15, 0.2) is 12.1 Å². The summed E-state index contributed by atoms with van der Waals surface area (Å²) in [6.45, 7) is 5.22. The number of phenolic OH excluding ortho intramolecular Hbond substituents is 1. The number of nitrogens with two attached hydrogens (primary N) is 1. The second-order valence-corrected chi connectivity index (χ2v) is 4.85. The maximum absolute atomic E-state index is 11.6. The van der Waals surface area contributed by atoms with Gasteiger partial charge in [0, 0.05) is 6.07 Å². The lowest BCUT2D eigenvalue weighted by Gasteiger charge is -2.20. The number of carbonyl (C=O) groups excluding carboxylic acids is 1. The number of phenols is 1. The van der Waals surface area contributed by atoms with Crippen LogP contribution in [0.2, 0.25) is 0 Å². The van der Waals surface area contributed by atoms with Gasteiger partial charge >= 0.3 is 6.09 Å². The Kier molecular flexibility index (Phi) is 4.44. The van der Waals surface area contributed by atoms with Crippen LogP contribution in [-0.4, -0.2) is 23.9 Å². The normalized spacial score (nSPS) is 10.8. The Hall–Kier alpha value is -2.15. The highest BCUT2D eigenvalue weighted by Gasteiger charge is 2.19. The Morgan fingerprint density at radius 1 is 1.37 bits per heavy atom. The second kappa shape index (κ2) is 5.66. The summed E-state index contributed by atoms with van der Waals surface area (Å²) in [5, 5.41) is 12.3. The Morgan fingerprint density at radius 3 is 2.47 bits per heavy atom. The minimum absolute atomic E-state index is 0.140. The Balaban J connectivity index is 2.97. The molecule has 0 unspecified atom stereocenters. The summed E-state index contributed by atoms with van der Waals surface area (Å²) in [5.74, 6) is 5.27. The highest BCUT2D eigenvalue weighted by atomic mass is 16.6. The summed E-state index contributed by atoms with van der Waals surface area (Å²) < 4.78 is 10.1. The summed E-state index contributed by atoms with van der Waals surface area (Å²) >= 11 is 0. The van der Waals surface area contributed by atoms with Gasteiger partial charge in [-0.2, -0.15) is 0 Å². The maximum Gasteiger partial charge on any atom is 0.412 e. The van der Waals surface area contributed by atoms with Crippen LogP contribution in [0.5, 0.6) is 11.5 Å². The number of nitrogens with one attached hydrogen (secondary N) is 2. The lowest BCUT2D eigenvalue weighted by molar-refractivity contribution is 0.0635. The zero-order valence-corrected chi connectivity index (χ0v) is 11.4.